The maximum Gasteiger partial charge on any atom is 0.266 e. The zero-order valence-electron chi connectivity index (χ0n) is 22.4. The normalized spacial score (nSPS) is 14.8. The molecule has 0 fully saturated rings. The highest BCUT2D eigenvalue weighted by molar-refractivity contribution is 7.93. The number of rotatable bonds is 9. The molecule has 0 saturated carbocycles. The molecule has 226 valence electrons. The van der Waals surface area contributed by atoms with E-state index < -0.39 is 81.7 Å². The van der Waals surface area contributed by atoms with E-state index in [1.165, 1.54) is 0 Å². The van der Waals surface area contributed by atoms with Crippen molar-refractivity contribution in [1.29, 1.82) is 0 Å². The van der Waals surface area contributed by atoms with Crippen molar-refractivity contribution < 1.29 is 27.0 Å². The number of halogens is 6. The SMILES string of the molecule is CC(C)(C)[C@@H](CO)NS(=O)(=O)c1c(Cl)cc(Cl)c(N([C@H](CO)C(C)(C)C)S(=O)(=O)c2cc(Cl)c(Cl)cc2Cl)c1Cl. The van der Waals surface area contributed by atoms with Gasteiger partial charge in [0.15, 0.2) is 0 Å². The van der Waals surface area contributed by atoms with E-state index in [0.717, 1.165) is 18.2 Å². The first-order valence-corrected chi connectivity index (χ1v) is 16.8. The van der Waals surface area contributed by atoms with Gasteiger partial charge < -0.3 is 10.2 Å². The van der Waals surface area contributed by atoms with E-state index in [0.29, 0.717) is 4.31 Å². The van der Waals surface area contributed by atoms with Gasteiger partial charge in [0, 0.05) is 6.04 Å². The Balaban J connectivity index is 3.02. The third-order valence-corrected chi connectivity index (χ3v) is 11.8. The predicted octanol–water partition coefficient (Wildman–Crippen LogP) is 6.89. The molecule has 0 bridgehead atoms. The molecule has 0 unspecified atom stereocenters. The van der Waals surface area contributed by atoms with Crippen LogP contribution in [0.5, 0.6) is 0 Å². The Kier molecular flexibility index (Phi) is 11.5. The van der Waals surface area contributed by atoms with Crippen LogP contribution >= 0.6 is 69.6 Å². The first-order valence-electron chi connectivity index (χ1n) is 11.6. The molecule has 8 nitrogen and oxygen atoms in total. The van der Waals surface area contributed by atoms with Crippen LogP contribution in [-0.4, -0.2) is 52.3 Å². The summed E-state index contributed by atoms with van der Waals surface area (Å²) in [6.45, 7) is 8.79. The third kappa shape index (κ3) is 7.45. The van der Waals surface area contributed by atoms with Gasteiger partial charge in [-0.05, 0) is 29.0 Å². The lowest BCUT2D eigenvalue weighted by Crippen LogP contribution is -2.50. The summed E-state index contributed by atoms with van der Waals surface area (Å²) in [5.41, 5.74) is -2.15. The first-order chi connectivity index (χ1) is 18.0. The van der Waals surface area contributed by atoms with Gasteiger partial charge in [-0.1, -0.05) is 111 Å². The minimum Gasteiger partial charge on any atom is -0.395 e. The summed E-state index contributed by atoms with van der Waals surface area (Å²) in [5, 5.41) is 18.4. The Hall–Kier alpha value is -0.240. The summed E-state index contributed by atoms with van der Waals surface area (Å²) in [5.74, 6) is 0. The number of aliphatic hydroxyl groups excluding tert-OH is 2. The smallest absolute Gasteiger partial charge is 0.266 e. The molecule has 0 saturated heterocycles. The van der Waals surface area contributed by atoms with Crippen LogP contribution in [0.3, 0.4) is 0 Å². The van der Waals surface area contributed by atoms with E-state index in [1.807, 2.05) is 0 Å². The number of nitrogens with one attached hydrogen (secondary N) is 1. The highest BCUT2D eigenvalue weighted by atomic mass is 35.5. The number of aliphatic hydroxyl groups is 2. The minimum absolute atomic E-state index is 0.00834. The van der Waals surface area contributed by atoms with Crippen LogP contribution in [0.1, 0.15) is 41.5 Å². The van der Waals surface area contributed by atoms with Gasteiger partial charge in [-0.3, -0.25) is 4.31 Å². The lowest BCUT2D eigenvalue weighted by Gasteiger charge is -2.40. The first kappa shape index (κ1) is 36.0. The Morgan fingerprint density at radius 1 is 0.750 bits per heavy atom. The van der Waals surface area contributed by atoms with Gasteiger partial charge in [-0.15, -0.1) is 0 Å². The molecule has 2 aromatic carbocycles. The molecule has 0 spiro atoms. The van der Waals surface area contributed by atoms with Gasteiger partial charge in [-0.25, -0.2) is 21.6 Å². The maximum atomic E-state index is 14.3. The van der Waals surface area contributed by atoms with Gasteiger partial charge in [0.2, 0.25) is 10.0 Å². The van der Waals surface area contributed by atoms with Crippen LogP contribution in [0.25, 0.3) is 0 Å². The van der Waals surface area contributed by atoms with Crippen LogP contribution in [0.2, 0.25) is 30.1 Å². The van der Waals surface area contributed by atoms with Crippen molar-refractivity contribution >= 4 is 95.3 Å². The summed E-state index contributed by atoms with van der Waals surface area (Å²) >= 11 is 37.9. The van der Waals surface area contributed by atoms with Crippen molar-refractivity contribution in [2.75, 3.05) is 17.5 Å². The zero-order chi connectivity index (χ0) is 31.2. The zero-order valence-corrected chi connectivity index (χ0v) is 28.5. The van der Waals surface area contributed by atoms with Gasteiger partial charge in [-0.2, -0.15) is 0 Å². The lowest BCUT2D eigenvalue weighted by atomic mass is 9.87. The fourth-order valence-electron chi connectivity index (χ4n) is 3.70. The molecular formula is C24H30Cl6N2O6S2. The molecule has 0 aromatic heterocycles. The number of hydrogen-bond donors (Lipinski definition) is 3. The Bertz CT molecular complexity index is 1490. The Labute approximate surface area is 265 Å². The molecule has 0 radical (unpaired) electrons. The van der Waals surface area contributed by atoms with E-state index in [4.69, 9.17) is 69.6 Å². The van der Waals surface area contributed by atoms with E-state index in [-0.39, 0.29) is 20.1 Å². The van der Waals surface area contributed by atoms with Crippen molar-refractivity contribution in [1.82, 2.24) is 4.72 Å². The second-order valence-corrected chi connectivity index (χ2v) is 17.0. The third-order valence-electron chi connectivity index (χ3n) is 6.09. The standard InChI is InChI=1S/C24H30Cl6N2O6S2/c1-23(2,3)18(10-33)31-39(35,36)22-16(29)8-15(28)21(20(22)30)32(19(11-34)24(4,5)6)40(37,38)17-9-13(26)12(25)7-14(17)27/h7-9,18-19,31,33-34H,10-11H2,1-6H3/t18-,19-/m1/s1. The van der Waals surface area contributed by atoms with Crippen LogP contribution in [-0.2, 0) is 20.0 Å². The average molecular weight is 719 g/mol. The van der Waals surface area contributed by atoms with E-state index in [9.17, 15) is 27.0 Å². The quantitative estimate of drug-likeness (QED) is 0.243. The molecule has 0 aliphatic rings. The van der Waals surface area contributed by atoms with Crippen molar-refractivity contribution in [3.8, 4) is 0 Å². The predicted molar refractivity (Wildman–Crippen MR) is 164 cm³/mol. The van der Waals surface area contributed by atoms with Gasteiger partial charge in [0.05, 0.1) is 55.1 Å². The lowest BCUT2D eigenvalue weighted by molar-refractivity contribution is 0.177. The van der Waals surface area contributed by atoms with Crippen LogP contribution < -0.4 is 9.03 Å². The molecule has 16 heteroatoms. The highest BCUT2D eigenvalue weighted by Gasteiger charge is 2.43. The van der Waals surface area contributed by atoms with Gasteiger partial charge >= 0.3 is 0 Å². The average Bonchev–Trinajstić information content (AvgIpc) is 2.77. The highest BCUT2D eigenvalue weighted by Crippen LogP contribution is 2.48. The topological polar surface area (TPSA) is 124 Å². The van der Waals surface area contributed by atoms with E-state index >= 15 is 0 Å². The Morgan fingerprint density at radius 3 is 1.70 bits per heavy atom. The van der Waals surface area contributed by atoms with Crippen LogP contribution in [0.4, 0.5) is 5.69 Å². The molecular weight excluding hydrogens is 689 g/mol. The number of hydrogen-bond acceptors (Lipinski definition) is 6. The van der Waals surface area contributed by atoms with Crippen molar-refractivity contribution in [2.24, 2.45) is 10.8 Å². The van der Waals surface area contributed by atoms with E-state index in [1.54, 1.807) is 41.5 Å². The molecule has 0 aliphatic carbocycles. The van der Waals surface area contributed by atoms with Crippen molar-refractivity contribution in [3.63, 3.8) is 0 Å². The summed E-state index contributed by atoms with van der Waals surface area (Å²) in [6.07, 6.45) is 0. The minimum atomic E-state index is -4.76. The molecule has 3 N–H and O–H groups in total. The molecule has 2 atom stereocenters. The van der Waals surface area contributed by atoms with E-state index in [2.05, 4.69) is 4.72 Å². The fraction of sp³-hybridized carbons (Fsp3) is 0.500. The molecule has 0 amide bonds. The second kappa shape index (κ2) is 12.8. The van der Waals surface area contributed by atoms with Gasteiger partial charge in [0.1, 0.15) is 9.79 Å². The number of anilines is 1. The Morgan fingerprint density at radius 2 is 1.25 bits per heavy atom. The largest absolute Gasteiger partial charge is 0.395 e. The maximum absolute atomic E-state index is 14.3. The summed E-state index contributed by atoms with van der Waals surface area (Å²) < 4.78 is 58.7. The van der Waals surface area contributed by atoms with Crippen molar-refractivity contribution in [2.45, 2.75) is 63.4 Å². The molecule has 2 aromatic rings. The number of benzene rings is 2. The summed E-state index contributed by atoms with van der Waals surface area (Å²) in [4.78, 5) is -1.17. The molecule has 0 aliphatic heterocycles. The number of sulfonamides is 2. The second-order valence-electron chi connectivity index (χ2n) is 11.1. The van der Waals surface area contributed by atoms with Crippen molar-refractivity contribution in [3.05, 3.63) is 48.3 Å². The summed E-state index contributed by atoms with van der Waals surface area (Å²) in [7, 11) is -9.33. The summed E-state index contributed by atoms with van der Waals surface area (Å²) in [6, 6.07) is 0.979. The molecule has 0 heterocycles. The fourth-order valence-corrected chi connectivity index (χ4v) is 9.76. The van der Waals surface area contributed by atoms with Crippen LogP contribution in [0, 0.1) is 10.8 Å². The van der Waals surface area contributed by atoms with Gasteiger partial charge in [0.25, 0.3) is 10.0 Å². The number of nitrogens with zero attached hydrogens (tertiary/aromatic N) is 1. The molecule has 40 heavy (non-hydrogen) atoms. The molecule has 2 rings (SSSR count). The van der Waals surface area contributed by atoms with Crippen LogP contribution in [0.15, 0.2) is 28.0 Å². The monoisotopic (exact) mass is 716 g/mol.